The molecule has 1 aromatic heterocycles. The molecule has 3 N–H and O–H groups in total. The van der Waals surface area contributed by atoms with Gasteiger partial charge in [-0.3, -0.25) is 0 Å². The van der Waals surface area contributed by atoms with Gasteiger partial charge < -0.3 is 11.1 Å². The summed E-state index contributed by atoms with van der Waals surface area (Å²) >= 11 is 0. The second kappa shape index (κ2) is 5.39. The van der Waals surface area contributed by atoms with Crippen LogP contribution in [0, 0.1) is 11.8 Å². The Balaban J connectivity index is 2.02. The number of pyridine rings is 1. The van der Waals surface area contributed by atoms with Gasteiger partial charge in [0.2, 0.25) is 0 Å². The van der Waals surface area contributed by atoms with Crippen LogP contribution in [0.1, 0.15) is 39.5 Å². The van der Waals surface area contributed by atoms with Crippen LogP contribution in [0.15, 0.2) is 18.3 Å². The van der Waals surface area contributed by atoms with E-state index in [1.54, 1.807) is 6.20 Å². The minimum Gasteiger partial charge on any atom is -0.397 e. The van der Waals surface area contributed by atoms with Crippen LogP contribution in [0.25, 0.3) is 0 Å². The molecule has 1 fully saturated rings. The zero-order valence-electron chi connectivity index (χ0n) is 10.8. The Bertz CT molecular complexity index is 345. The summed E-state index contributed by atoms with van der Waals surface area (Å²) in [5, 5.41) is 3.57. The Labute approximate surface area is 104 Å². The number of anilines is 2. The van der Waals surface area contributed by atoms with Crippen molar-refractivity contribution >= 4 is 11.5 Å². The van der Waals surface area contributed by atoms with Crippen LogP contribution < -0.4 is 11.1 Å². The minimum absolute atomic E-state index is 0.569. The van der Waals surface area contributed by atoms with Gasteiger partial charge in [0.1, 0.15) is 5.82 Å². The Morgan fingerprint density at radius 2 is 2.06 bits per heavy atom. The normalized spacial score (nSPS) is 24.9. The quantitative estimate of drug-likeness (QED) is 0.842. The molecule has 17 heavy (non-hydrogen) atoms. The van der Waals surface area contributed by atoms with Crippen molar-refractivity contribution < 1.29 is 0 Å². The fourth-order valence-electron chi connectivity index (χ4n) is 2.82. The van der Waals surface area contributed by atoms with Crippen molar-refractivity contribution in [1.82, 2.24) is 4.98 Å². The number of nitrogen functional groups attached to an aromatic ring is 1. The van der Waals surface area contributed by atoms with Gasteiger partial charge in [0.05, 0.1) is 11.9 Å². The summed E-state index contributed by atoms with van der Waals surface area (Å²) in [7, 11) is 0. The molecular weight excluding hydrogens is 210 g/mol. The monoisotopic (exact) mass is 233 g/mol. The maximum absolute atomic E-state index is 5.65. The summed E-state index contributed by atoms with van der Waals surface area (Å²) in [4.78, 5) is 4.33. The Morgan fingerprint density at radius 3 is 2.71 bits per heavy atom. The highest BCUT2D eigenvalue weighted by Gasteiger charge is 2.27. The Morgan fingerprint density at radius 1 is 1.29 bits per heavy atom. The third kappa shape index (κ3) is 3.11. The zero-order chi connectivity index (χ0) is 12.3. The molecule has 1 aliphatic rings. The first kappa shape index (κ1) is 12.2. The molecule has 0 amide bonds. The summed E-state index contributed by atoms with van der Waals surface area (Å²) in [5.41, 5.74) is 6.37. The van der Waals surface area contributed by atoms with E-state index in [-0.39, 0.29) is 0 Å². The maximum Gasteiger partial charge on any atom is 0.126 e. The summed E-state index contributed by atoms with van der Waals surface area (Å²) < 4.78 is 0. The average molecular weight is 233 g/mol. The summed E-state index contributed by atoms with van der Waals surface area (Å²) in [5.74, 6) is 2.46. The van der Waals surface area contributed by atoms with Gasteiger partial charge in [-0.25, -0.2) is 4.98 Å². The van der Waals surface area contributed by atoms with E-state index in [1.165, 1.54) is 25.7 Å². The number of aromatic nitrogens is 1. The van der Waals surface area contributed by atoms with E-state index in [0.717, 1.165) is 23.3 Å². The van der Waals surface area contributed by atoms with Gasteiger partial charge in [-0.05, 0) is 36.8 Å². The molecule has 94 valence electrons. The third-order valence-corrected chi connectivity index (χ3v) is 3.80. The lowest BCUT2D eigenvalue weighted by molar-refractivity contribution is 0.253. The summed E-state index contributed by atoms with van der Waals surface area (Å²) in [6, 6.07) is 4.45. The van der Waals surface area contributed by atoms with Crippen molar-refractivity contribution in [3.63, 3.8) is 0 Å². The van der Waals surface area contributed by atoms with Crippen molar-refractivity contribution in [1.29, 1.82) is 0 Å². The predicted molar refractivity (Wildman–Crippen MR) is 72.9 cm³/mol. The molecule has 2 unspecified atom stereocenters. The smallest absolute Gasteiger partial charge is 0.126 e. The van der Waals surface area contributed by atoms with E-state index < -0.39 is 0 Å². The number of nitrogens with two attached hydrogens (primary N) is 1. The summed E-state index contributed by atoms with van der Waals surface area (Å²) in [6.07, 6.45) is 7.01. The van der Waals surface area contributed by atoms with Crippen LogP contribution in [0.4, 0.5) is 11.5 Å². The lowest BCUT2D eigenvalue weighted by Gasteiger charge is -2.35. The Kier molecular flexibility index (Phi) is 3.87. The molecule has 3 heteroatoms. The molecular formula is C14H23N3. The van der Waals surface area contributed by atoms with Crippen molar-refractivity contribution in [2.75, 3.05) is 11.1 Å². The van der Waals surface area contributed by atoms with Crippen LogP contribution in [-0.2, 0) is 0 Å². The van der Waals surface area contributed by atoms with E-state index in [9.17, 15) is 0 Å². The first-order valence-electron chi connectivity index (χ1n) is 6.65. The molecule has 2 rings (SSSR count). The SMILES string of the molecule is CC(C)C1CCCCC1Nc1ccc(N)cn1. The fraction of sp³-hybridized carbons (Fsp3) is 0.643. The van der Waals surface area contributed by atoms with Crippen LogP contribution in [0.3, 0.4) is 0 Å². The number of hydrogen-bond donors (Lipinski definition) is 2. The molecule has 0 radical (unpaired) electrons. The minimum atomic E-state index is 0.569. The summed E-state index contributed by atoms with van der Waals surface area (Å²) in [6.45, 7) is 4.64. The molecule has 1 heterocycles. The highest BCUT2D eigenvalue weighted by atomic mass is 15.0. The van der Waals surface area contributed by atoms with Crippen molar-refractivity contribution in [2.45, 2.75) is 45.6 Å². The van der Waals surface area contributed by atoms with Crippen molar-refractivity contribution in [2.24, 2.45) is 11.8 Å². The molecule has 2 atom stereocenters. The third-order valence-electron chi connectivity index (χ3n) is 3.80. The molecule has 3 nitrogen and oxygen atoms in total. The average Bonchev–Trinajstić information content (AvgIpc) is 2.32. The number of rotatable bonds is 3. The number of nitrogens with one attached hydrogen (secondary N) is 1. The van der Waals surface area contributed by atoms with E-state index in [0.29, 0.717) is 6.04 Å². The lowest BCUT2D eigenvalue weighted by Crippen LogP contribution is -2.35. The van der Waals surface area contributed by atoms with Gasteiger partial charge >= 0.3 is 0 Å². The highest BCUT2D eigenvalue weighted by molar-refractivity contribution is 5.44. The molecule has 0 aliphatic heterocycles. The highest BCUT2D eigenvalue weighted by Crippen LogP contribution is 2.31. The van der Waals surface area contributed by atoms with Gasteiger partial charge in [0, 0.05) is 6.04 Å². The molecule has 0 aromatic carbocycles. The van der Waals surface area contributed by atoms with Crippen molar-refractivity contribution in [3.8, 4) is 0 Å². The second-order valence-corrected chi connectivity index (χ2v) is 5.42. The van der Waals surface area contributed by atoms with Crippen LogP contribution in [-0.4, -0.2) is 11.0 Å². The zero-order valence-corrected chi connectivity index (χ0v) is 10.8. The van der Waals surface area contributed by atoms with Gasteiger partial charge in [0.25, 0.3) is 0 Å². The number of hydrogen-bond acceptors (Lipinski definition) is 3. The number of nitrogens with zero attached hydrogens (tertiary/aromatic N) is 1. The predicted octanol–water partition coefficient (Wildman–Crippen LogP) is 3.29. The first-order valence-corrected chi connectivity index (χ1v) is 6.65. The molecule has 0 saturated heterocycles. The maximum atomic E-state index is 5.65. The molecule has 1 aliphatic carbocycles. The standard InChI is InChI=1S/C14H23N3/c1-10(2)12-5-3-4-6-13(12)17-14-8-7-11(15)9-16-14/h7-10,12-13H,3-6,15H2,1-2H3,(H,16,17). The fourth-order valence-corrected chi connectivity index (χ4v) is 2.82. The molecule has 1 saturated carbocycles. The van der Waals surface area contributed by atoms with Gasteiger partial charge in [-0.2, -0.15) is 0 Å². The van der Waals surface area contributed by atoms with E-state index >= 15 is 0 Å². The largest absolute Gasteiger partial charge is 0.397 e. The van der Waals surface area contributed by atoms with Crippen LogP contribution in [0.5, 0.6) is 0 Å². The topological polar surface area (TPSA) is 50.9 Å². The molecule has 0 bridgehead atoms. The first-order chi connectivity index (χ1) is 8.16. The van der Waals surface area contributed by atoms with E-state index in [1.807, 2.05) is 12.1 Å². The lowest BCUT2D eigenvalue weighted by atomic mass is 9.78. The van der Waals surface area contributed by atoms with Crippen LogP contribution >= 0.6 is 0 Å². The van der Waals surface area contributed by atoms with Gasteiger partial charge in [-0.15, -0.1) is 0 Å². The van der Waals surface area contributed by atoms with Gasteiger partial charge in [0.15, 0.2) is 0 Å². The van der Waals surface area contributed by atoms with E-state index in [4.69, 9.17) is 5.73 Å². The van der Waals surface area contributed by atoms with E-state index in [2.05, 4.69) is 24.1 Å². The molecule has 0 spiro atoms. The van der Waals surface area contributed by atoms with Crippen molar-refractivity contribution in [3.05, 3.63) is 18.3 Å². The second-order valence-electron chi connectivity index (χ2n) is 5.42. The molecule has 1 aromatic rings. The van der Waals surface area contributed by atoms with Crippen LogP contribution in [0.2, 0.25) is 0 Å². The Hall–Kier alpha value is -1.25. The van der Waals surface area contributed by atoms with Gasteiger partial charge in [-0.1, -0.05) is 26.7 Å².